The number of nitrogens with one attached hydrogen (secondary N) is 2. The molecule has 4 rings (SSSR count). The Balaban J connectivity index is 1.44. The van der Waals surface area contributed by atoms with Crippen LogP contribution in [0.5, 0.6) is 0 Å². The van der Waals surface area contributed by atoms with Crippen LogP contribution in [0.2, 0.25) is 0 Å². The predicted octanol–water partition coefficient (Wildman–Crippen LogP) is 3.57. The van der Waals surface area contributed by atoms with Crippen molar-refractivity contribution in [3.05, 3.63) is 50.6 Å². The summed E-state index contributed by atoms with van der Waals surface area (Å²) in [5, 5.41) is 18.6. The molecular formula is C21H26N6O3S. The summed E-state index contributed by atoms with van der Waals surface area (Å²) in [5.41, 5.74) is 2.14. The molecule has 1 saturated heterocycles. The molecule has 3 aromatic rings. The second-order valence-electron chi connectivity index (χ2n) is 7.50. The number of anilines is 2. The van der Waals surface area contributed by atoms with E-state index in [1.165, 1.54) is 22.6 Å². The Morgan fingerprint density at radius 1 is 1.13 bits per heavy atom. The molecule has 0 radical (unpaired) electrons. The van der Waals surface area contributed by atoms with E-state index in [9.17, 15) is 10.1 Å². The monoisotopic (exact) mass is 442 g/mol. The molecule has 0 atom stereocenters. The summed E-state index contributed by atoms with van der Waals surface area (Å²) in [6, 6.07) is 6.43. The smallest absolute Gasteiger partial charge is 0.269 e. The number of nitro groups is 1. The fourth-order valence-corrected chi connectivity index (χ4v) is 4.59. The van der Waals surface area contributed by atoms with Crippen LogP contribution in [0.15, 0.2) is 24.3 Å². The van der Waals surface area contributed by atoms with E-state index < -0.39 is 4.92 Å². The first-order valence-electron chi connectivity index (χ1n) is 10.3. The van der Waals surface area contributed by atoms with Crippen molar-refractivity contribution in [3.63, 3.8) is 0 Å². The van der Waals surface area contributed by atoms with Gasteiger partial charge in [0.25, 0.3) is 5.69 Å². The highest BCUT2D eigenvalue weighted by atomic mass is 32.1. The van der Waals surface area contributed by atoms with Crippen LogP contribution in [-0.4, -0.2) is 59.2 Å². The van der Waals surface area contributed by atoms with Crippen LogP contribution >= 0.6 is 11.3 Å². The molecule has 0 bridgehead atoms. The third-order valence-electron chi connectivity index (χ3n) is 5.37. The molecule has 2 aromatic heterocycles. The number of fused-ring (bicyclic) bond motifs is 1. The van der Waals surface area contributed by atoms with E-state index in [0.717, 1.165) is 53.8 Å². The molecule has 1 aliphatic rings. The van der Waals surface area contributed by atoms with Gasteiger partial charge in [-0.3, -0.25) is 15.0 Å². The van der Waals surface area contributed by atoms with Gasteiger partial charge in [0.2, 0.25) is 0 Å². The third-order valence-corrected chi connectivity index (χ3v) is 6.47. The fourth-order valence-electron chi connectivity index (χ4n) is 3.54. The molecule has 0 saturated carbocycles. The molecule has 9 nitrogen and oxygen atoms in total. The maximum absolute atomic E-state index is 10.8. The Kier molecular flexibility index (Phi) is 6.59. The van der Waals surface area contributed by atoms with Crippen LogP contribution in [0, 0.1) is 24.0 Å². The number of thiophene rings is 1. The zero-order chi connectivity index (χ0) is 21.8. The van der Waals surface area contributed by atoms with E-state index in [2.05, 4.69) is 29.4 Å². The van der Waals surface area contributed by atoms with Crippen molar-refractivity contribution in [2.24, 2.45) is 0 Å². The zero-order valence-electron chi connectivity index (χ0n) is 17.7. The highest BCUT2D eigenvalue weighted by Crippen LogP contribution is 2.33. The van der Waals surface area contributed by atoms with Crippen molar-refractivity contribution >= 4 is 38.7 Å². The van der Waals surface area contributed by atoms with Crippen LogP contribution in [0.4, 0.5) is 17.2 Å². The van der Waals surface area contributed by atoms with Crippen LogP contribution < -0.4 is 10.6 Å². The predicted molar refractivity (Wildman–Crippen MR) is 123 cm³/mol. The van der Waals surface area contributed by atoms with Gasteiger partial charge >= 0.3 is 0 Å². The number of non-ortho nitro benzene ring substituents is 1. The van der Waals surface area contributed by atoms with Crippen molar-refractivity contribution in [3.8, 4) is 0 Å². The van der Waals surface area contributed by atoms with E-state index >= 15 is 0 Å². The summed E-state index contributed by atoms with van der Waals surface area (Å²) in [5.74, 6) is 1.68. The lowest BCUT2D eigenvalue weighted by molar-refractivity contribution is -0.384. The number of morpholine rings is 1. The highest BCUT2D eigenvalue weighted by molar-refractivity contribution is 7.18. The maximum Gasteiger partial charge on any atom is 0.269 e. The standard InChI is InChI=1S/C21H26N6O3S/c1-14-15(2)31-21-19(14)20(24-18(25-21)13-26-9-11-30-12-10-26)23-8-7-22-16-3-5-17(6-4-16)27(28)29/h3-6,22H,7-13H2,1-2H3,(H,23,24,25). The summed E-state index contributed by atoms with van der Waals surface area (Å²) in [6.07, 6.45) is 0. The molecule has 2 N–H and O–H groups in total. The Morgan fingerprint density at radius 2 is 1.84 bits per heavy atom. The largest absolute Gasteiger partial charge is 0.383 e. The minimum atomic E-state index is -0.397. The van der Waals surface area contributed by atoms with Gasteiger partial charge in [-0.05, 0) is 31.5 Å². The topological polar surface area (TPSA) is 105 Å². The van der Waals surface area contributed by atoms with Crippen molar-refractivity contribution in [2.45, 2.75) is 20.4 Å². The average Bonchev–Trinajstić information content (AvgIpc) is 3.05. The minimum absolute atomic E-state index is 0.0863. The normalized spacial score (nSPS) is 14.6. The van der Waals surface area contributed by atoms with E-state index in [-0.39, 0.29) is 5.69 Å². The summed E-state index contributed by atoms with van der Waals surface area (Å²) in [7, 11) is 0. The zero-order valence-corrected chi connectivity index (χ0v) is 18.5. The molecule has 1 aromatic carbocycles. The number of rotatable bonds is 8. The van der Waals surface area contributed by atoms with Crippen LogP contribution in [0.1, 0.15) is 16.3 Å². The first kappa shape index (κ1) is 21.4. The SMILES string of the molecule is Cc1sc2nc(CN3CCOCC3)nc(NCCNc3ccc([N+](=O)[O-])cc3)c2c1C. The van der Waals surface area contributed by atoms with E-state index in [1.807, 2.05) is 0 Å². The lowest BCUT2D eigenvalue weighted by Crippen LogP contribution is -2.36. The average molecular weight is 443 g/mol. The molecule has 0 unspecified atom stereocenters. The van der Waals surface area contributed by atoms with E-state index in [4.69, 9.17) is 14.7 Å². The molecule has 0 amide bonds. The molecule has 164 valence electrons. The number of aryl methyl sites for hydroxylation is 2. The first-order chi connectivity index (χ1) is 15.0. The van der Waals surface area contributed by atoms with Crippen molar-refractivity contribution < 1.29 is 9.66 Å². The summed E-state index contributed by atoms with van der Waals surface area (Å²) >= 11 is 1.70. The van der Waals surface area contributed by atoms with Gasteiger partial charge in [0.15, 0.2) is 0 Å². The minimum Gasteiger partial charge on any atom is -0.383 e. The molecule has 3 heterocycles. The molecule has 1 fully saturated rings. The van der Waals surface area contributed by atoms with Crippen LogP contribution in [0.25, 0.3) is 10.2 Å². The number of aromatic nitrogens is 2. The summed E-state index contributed by atoms with van der Waals surface area (Å²) in [6.45, 7) is 9.54. The number of hydrogen-bond donors (Lipinski definition) is 2. The Hall–Kier alpha value is -2.82. The molecular weight excluding hydrogens is 416 g/mol. The lowest BCUT2D eigenvalue weighted by Gasteiger charge is -2.25. The molecule has 0 aliphatic carbocycles. The summed E-state index contributed by atoms with van der Waals surface area (Å²) in [4.78, 5) is 24.6. The van der Waals surface area contributed by atoms with Crippen molar-refractivity contribution in [2.75, 3.05) is 50.0 Å². The van der Waals surface area contributed by atoms with Gasteiger partial charge in [-0.2, -0.15) is 0 Å². The molecule has 10 heteroatoms. The highest BCUT2D eigenvalue weighted by Gasteiger charge is 2.17. The number of hydrogen-bond acceptors (Lipinski definition) is 9. The maximum atomic E-state index is 10.8. The fraction of sp³-hybridized carbons (Fsp3) is 0.429. The lowest BCUT2D eigenvalue weighted by atomic mass is 10.2. The molecule has 0 spiro atoms. The second kappa shape index (κ2) is 9.54. The number of nitrogens with zero attached hydrogens (tertiary/aromatic N) is 4. The quantitative estimate of drug-likeness (QED) is 0.310. The van der Waals surface area contributed by atoms with Crippen molar-refractivity contribution in [1.29, 1.82) is 0 Å². The molecule has 1 aliphatic heterocycles. The number of benzene rings is 1. The Labute approximate surface area is 184 Å². The second-order valence-corrected chi connectivity index (χ2v) is 8.70. The number of nitro benzene ring substituents is 1. The summed E-state index contributed by atoms with van der Waals surface area (Å²) < 4.78 is 5.44. The van der Waals surface area contributed by atoms with Gasteiger partial charge in [0.05, 0.1) is 30.1 Å². The Bertz CT molecular complexity index is 1060. The number of ether oxygens (including phenoxy) is 1. The van der Waals surface area contributed by atoms with Crippen LogP contribution in [-0.2, 0) is 11.3 Å². The van der Waals surface area contributed by atoms with Gasteiger partial charge in [-0.1, -0.05) is 0 Å². The van der Waals surface area contributed by atoms with Crippen LogP contribution in [0.3, 0.4) is 0 Å². The van der Waals surface area contributed by atoms with Gasteiger partial charge in [-0.15, -0.1) is 11.3 Å². The van der Waals surface area contributed by atoms with E-state index in [1.54, 1.807) is 23.5 Å². The van der Waals surface area contributed by atoms with Gasteiger partial charge in [-0.25, -0.2) is 9.97 Å². The van der Waals surface area contributed by atoms with Crippen molar-refractivity contribution in [1.82, 2.24) is 14.9 Å². The molecule has 31 heavy (non-hydrogen) atoms. The van der Waals surface area contributed by atoms with Gasteiger partial charge in [0, 0.05) is 48.9 Å². The first-order valence-corrected chi connectivity index (χ1v) is 11.1. The Morgan fingerprint density at radius 3 is 2.55 bits per heavy atom. The third kappa shape index (κ3) is 5.09. The van der Waals surface area contributed by atoms with Gasteiger partial charge < -0.3 is 15.4 Å². The van der Waals surface area contributed by atoms with E-state index in [0.29, 0.717) is 19.6 Å². The van der Waals surface area contributed by atoms with Gasteiger partial charge in [0.1, 0.15) is 16.5 Å².